The molecule has 2 heterocycles. The molecule has 1 aromatic heterocycles. The molecule has 6 heteroatoms. The number of piperazine rings is 1. The average molecular weight is 379 g/mol. The minimum atomic E-state index is 0.737. The van der Waals surface area contributed by atoms with Gasteiger partial charge < -0.3 is 10.2 Å². The lowest BCUT2D eigenvalue weighted by Crippen LogP contribution is -2.46. The van der Waals surface area contributed by atoms with Gasteiger partial charge >= 0.3 is 0 Å². The molecular weight excluding hydrogens is 348 g/mol. The fourth-order valence-corrected chi connectivity index (χ4v) is 3.94. The van der Waals surface area contributed by atoms with Crippen LogP contribution in [-0.4, -0.2) is 52.8 Å². The summed E-state index contributed by atoms with van der Waals surface area (Å²) in [6.45, 7) is 5.82. The summed E-state index contributed by atoms with van der Waals surface area (Å²) >= 11 is 0. The van der Waals surface area contributed by atoms with E-state index in [-0.39, 0.29) is 0 Å². The predicted octanol–water partition coefficient (Wildman–Crippen LogP) is 3.50. The van der Waals surface area contributed by atoms with Crippen LogP contribution >= 0.6 is 0 Å². The lowest BCUT2D eigenvalue weighted by atomic mass is 9.97. The molecule has 148 valence electrons. The van der Waals surface area contributed by atoms with Crippen molar-refractivity contribution >= 4 is 11.8 Å². The number of hydrogen-bond donors (Lipinski definition) is 1. The fraction of sp³-hybridized carbons (Fsp3) is 0.500. The third-order valence-electron chi connectivity index (χ3n) is 5.59. The van der Waals surface area contributed by atoms with Gasteiger partial charge in [-0.05, 0) is 37.7 Å². The standard InChI is InChI=1S/C22H30N6/c1-3-7-19(8-4-1)11-12-23-21-17-24-26-22(25-21)28-15-13-27(14-16-28)18-20-9-5-2-6-10-20/h2,5-7,9-10,17H,1,3-4,8,11-16,18H2,(H,23,25,26). The highest BCUT2D eigenvalue weighted by Crippen LogP contribution is 2.20. The number of nitrogens with zero attached hydrogens (tertiary/aromatic N) is 5. The highest BCUT2D eigenvalue weighted by atomic mass is 15.4. The van der Waals surface area contributed by atoms with Crippen LogP contribution < -0.4 is 10.2 Å². The molecule has 28 heavy (non-hydrogen) atoms. The zero-order chi connectivity index (χ0) is 19.0. The Kier molecular flexibility index (Phi) is 6.50. The molecule has 1 saturated heterocycles. The van der Waals surface area contributed by atoms with Crippen LogP contribution in [0.3, 0.4) is 0 Å². The van der Waals surface area contributed by atoms with Gasteiger partial charge in [0.1, 0.15) is 0 Å². The van der Waals surface area contributed by atoms with Gasteiger partial charge in [0.15, 0.2) is 5.82 Å². The van der Waals surface area contributed by atoms with E-state index in [0.717, 1.165) is 57.5 Å². The van der Waals surface area contributed by atoms with E-state index in [4.69, 9.17) is 4.98 Å². The van der Waals surface area contributed by atoms with Crippen molar-refractivity contribution in [2.24, 2.45) is 0 Å². The predicted molar refractivity (Wildman–Crippen MR) is 113 cm³/mol. The second-order valence-electron chi connectivity index (χ2n) is 7.68. The Labute approximate surface area is 167 Å². The van der Waals surface area contributed by atoms with E-state index in [0.29, 0.717) is 0 Å². The van der Waals surface area contributed by atoms with Crippen molar-refractivity contribution < 1.29 is 0 Å². The summed E-state index contributed by atoms with van der Waals surface area (Å²) in [7, 11) is 0. The van der Waals surface area contributed by atoms with Crippen LogP contribution in [0.1, 0.15) is 37.7 Å². The molecule has 0 bridgehead atoms. The molecule has 0 saturated carbocycles. The van der Waals surface area contributed by atoms with Gasteiger partial charge in [-0.15, -0.1) is 5.10 Å². The molecule has 0 atom stereocenters. The first kappa shape index (κ1) is 18.9. The molecule has 1 aliphatic carbocycles. The number of anilines is 2. The van der Waals surface area contributed by atoms with Crippen molar-refractivity contribution in [1.29, 1.82) is 0 Å². The summed E-state index contributed by atoms with van der Waals surface area (Å²) in [5.74, 6) is 1.56. The van der Waals surface area contributed by atoms with Gasteiger partial charge in [-0.2, -0.15) is 10.1 Å². The monoisotopic (exact) mass is 378 g/mol. The van der Waals surface area contributed by atoms with E-state index in [1.54, 1.807) is 11.8 Å². The van der Waals surface area contributed by atoms with Crippen LogP contribution in [0.2, 0.25) is 0 Å². The van der Waals surface area contributed by atoms with Crippen LogP contribution in [-0.2, 0) is 6.54 Å². The summed E-state index contributed by atoms with van der Waals surface area (Å²) < 4.78 is 0. The van der Waals surface area contributed by atoms with Crippen molar-refractivity contribution in [2.75, 3.05) is 42.9 Å². The maximum atomic E-state index is 4.69. The summed E-state index contributed by atoms with van der Waals surface area (Å²) in [6, 6.07) is 10.7. The number of hydrogen-bond acceptors (Lipinski definition) is 6. The minimum absolute atomic E-state index is 0.737. The topological polar surface area (TPSA) is 57.2 Å². The molecule has 1 fully saturated rings. The van der Waals surface area contributed by atoms with Crippen LogP contribution in [0.5, 0.6) is 0 Å². The quantitative estimate of drug-likeness (QED) is 0.744. The summed E-state index contributed by atoms with van der Waals surface area (Å²) in [6.07, 6.45) is 10.4. The van der Waals surface area contributed by atoms with Gasteiger partial charge in [-0.1, -0.05) is 42.0 Å². The maximum Gasteiger partial charge on any atom is 0.247 e. The first-order valence-corrected chi connectivity index (χ1v) is 10.5. The largest absolute Gasteiger partial charge is 0.368 e. The van der Waals surface area contributed by atoms with Crippen molar-refractivity contribution in [3.8, 4) is 0 Å². The molecule has 4 rings (SSSR count). The number of rotatable bonds is 7. The highest BCUT2D eigenvalue weighted by Gasteiger charge is 2.19. The lowest BCUT2D eigenvalue weighted by molar-refractivity contribution is 0.248. The molecule has 0 amide bonds. The van der Waals surface area contributed by atoms with Crippen LogP contribution in [0, 0.1) is 0 Å². The lowest BCUT2D eigenvalue weighted by Gasteiger charge is -2.34. The van der Waals surface area contributed by atoms with Crippen LogP contribution in [0.4, 0.5) is 11.8 Å². The van der Waals surface area contributed by atoms with Gasteiger partial charge in [0, 0.05) is 39.3 Å². The van der Waals surface area contributed by atoms with Crippen LogP contribution in [0.15, 0.2) is 48.2 Å². The minimum Gasteiger partial charge on any atom is -0.368 e. The van der Waals surface area contributed by atoms with Gasteiger partial charge in [-0.25, -0.2) is 0 Å². The maximum absolute atomic E-state index is 4.69. The van der Waals surface area contributed by atoms with Crippen molar-refractivity contribution in [1.82, 2.24) is 20.1 Å². The van der Waals surface area contributed by atoms with E-state index in [1.165, 1.54) is 31.2 Å². The van der Waals surface area contributed by atoms with E-state index < -0.39 is 0 Å². The Morgan fingerprint density at radius 3 is 2.64 bits per heavy atom. The zero-order valence-corrected chi connectivity index (χ0v) is 16.6. The van der Waals surface area contributed by atoms with E-state index in [2.05, 4.69) is 61.7 Å². The first-order chi connectivity index (χ1) is 13.9. The average Bonchev–Trinajstić information content (AvgIpc) is 2.76. The highest BCUT2D eigenvalue weighted by molar-refractivity contribution is 5.39. The Hall–Kier alpha value is -2.47. The van der Waals surface area contributed by atoms with Crippen LogP contribution in [0.25, 0.3) is 0 Å². The van der Waals surface area contributed by atoms with Crippen molar-refractivity contribution in [2.45, 2.75) is 38.6 Å². The van der Waals surface area contributed by atoms with Gasteiger partial charge in [0.25, 0.3) is 0 Å². The molecule has 6 nitrogen and oxygen atoms in total. The smallest absolute Gasteiger partial charge is 0.247 e. The second kappa shape index (κ2) is 9.64. The number of benzene rings is 1. The van der Waals surface area contributed by atoms with Gasteiger partial charge in [-0.3, -0.25) is 4.90 Å². The SMILES string of the molecule is C1=C(CCNc2cnnc(N3CCN(Cc4ccccc4)CC3)n2)CCCC1. The van der Waals surface area contributed by atoms with Gasteiger partial charge in [0.2, 0.25) is 5.95 Å². The number of aromatic nitrogens is 3. The molecule has 2 aliphatic rings. The summed E-state index contributed by atoms with van der Waals surface area (Å²) in [5.41, 5.74) is 2.95. The molecule has 1 aromatic carbocycles. The van der Waals surface area contributed by atoms with Gasteiger partial charge in [0.05, 0.1) is 6.20 Å². The van der Waals surface area contributed by atoms with E-state index >= 15 is 0 Å². The molecule has 1 aliphatic heterocycles. The van der Waals surface area contributed by atoms with E-state index in [1.807, 2.05) is 0 Å². The summed E-state index contributed by atoms with van der Waals surface area (Å²) in [5, 5.41) is 11.9. The molecule has 0 spiro atoms. The second-order valence-corrected chi connectivity index (χ2v) is 7.68. The summed E-state index contributed by atoms with van der Waals surface area (Å²) in [4.78, 5) is 9.42. The number of allylic oxidation sites excluding steroid dienone is 1. The Morgan fingerprint density at radius 2 is 1.86 bits per heavy atom. The Morgan fingerprint density at radius 1 is 1.00 bits per heavy atom. The normalized spacial score (nSPS) is 18.0. The molecule has 0 radical (unpaired) electrons. The molecule has 2 aromatic rings. The van der Waals surface area contributed by atoms with Crippen molar-refractivity contribution in [3.63, 3.8) is 0 Å². The zero-order valence-electron chi connectivity index (χ0n) is 16.6. The van der Waals surface area contributed by atoms with Crippen molar-refractivity contribution in [3.05, 3.63) is 53.7 Å². The molecule has 0 unspecified atom stereocenters. The first-order valence-electron chi connectivity index (χ1n) is 10.5. The fourth-order valence-electron chi connectivity index (χ4n) is 3.94. The third kappa shape index (κ3) is 5.29. The number of nitrogens with one attached hydrogen (secondary N) is 1. The Bertz CT molecular complexity index is 768. The Balaban J connectivity index is 1.25. The molecular formula is C22H30N6. The third-order valence-corrected chi connectivity index (χ3v) is 5.59. The van der Waals surface area contributed by atoms with E-state index in [9.17, 15) is 0 Å². The molecule has 1 N–H and O–H groups in total.